The number of aliphatic hydroxyl groups excluding tert-OH is 2. The second-order valence-corrected chi connectivity index (χ2v) is 14.1. The second kappa shape index (κ2) is 11.2. The van der Waals surface area contributed by atoms with Crippen LogP contribution in [0.25, 0.3) is 0 Å². The third-order valence-electron chi connectivity index (χ3n) is 12.2. The molecule has 4 aliphatic carbocycles. The predicted octanol–water partition coefficient (Wildman–Crippen LogP) is 5.21. The first-order valence-corrected chi connectivity index (χ1v) is 15.5. The van der Waals surface area contributed by atoms with Gasteiger partial charge in [-0.15, -0.1) is 0 Å². The van der Waals surface area contributed by atoms with Gasteiger partial charge in [0.15, 0.2) is 0 Å². The van der Waals surface area contributed by atoms with E-state index in [2.05, 4.69) is 26.1 Å². The van der Waals surface area contributed by atoms with Gasteiger partial charge in [0.05, 0.1) is 12.2 Å². The van der Waals surface area contributed by atoms with E-state index in [9.17, 15) is 24.9 Å². The molecule has 216 valence electrons. The number of carboxylic acid groups (broad SMARTS) is 1. The largest absolute Gasteiger partial charge is 0.480 e. The second-order valence-electron chi connectivity index (χ2n) is 14.1. The number of carboxylic acids is 1. The van der Waals surface area contributed by atoms with Gasteiger partial charge in [0, 0.05) is 12.8 Å². The van der Waals surface area contributed by atoms with Crippen LogP contribution >= 0.6 is 0 Å². The highest BCUT2D eigenvalue weighted by Crippen LogP contribution is 2.68. The summed E-state index contributed by atoms with van der Waals surface area (Å²) in [6.45, 7) is 7.00. The lowest BCUT2D eigenvalue weighted by atomic mass is 9.43. The molecule has 0 unspecified atom stereocenters. The summed E-state index contributed by atoms with van der Waals surface area (Å²) < 4.78 is 0. The Balaban J connectivity index is 1.21. The number of nitrogens with one attached hydrogen (secondary N) is 1. The van der Waals surface area contributed by atoms with Gasteiger partial charge in [-0.1, -0.05) is 51.1 Å². The first-order chi connectivity index (χ1) is 18.5. The van der Waals surface area contributed by atoms with Gasteiger partial charge in [-0.05, 0) is 110 Å². The zero-order valence-electron chi connectivity index (χ0n) is 24.0. The Bertz CT molecular complexity index is 1030. The highest BCUT2D eigenvalue weighted by atomic mass is 16.4. The predicted molar refractivity (Wildman–Crippen MR) is 151 cm³/mol. The van der Waals surface area contributed by atoms with E-state index in [0.717, 1.165) is 44.1 Å². The maximum absolute atomic E-state index is 12.8. The molecular weight excluding hydrogens is 490 g/mol. The fourth-order valence-electron chi connectivity index (χ4n) is 10.0. The topological polar surface area (TPSA) is 107 Å². The number of hydrogen-bond donors (Lipinski definition) is 4. The smallest absolute Gasteiger partial charge is 0.326 e. The minimum absolute atomic E-state index is 0.134. The number of fused-ring (bicyclic) bond motifs is 5. The average Bonchev–Trinajstić information content (AvgIpc) is 3.27. The van der Waals surface area contributed by atoms with Crippen LogP contribution in [0.2, 0.25) is 0 Å². The molecule has 0 aromatic heterocycles. The Hall–Kier alpha value is -1.92. The normalized spacial score (nSPS) is 41.0. The van der Waals surface area contributed by atoms with E-state index >= 15 is 0 Å². The molecule has 6 nitrogen and oxygen atoms in total. The van der Waals surface area contributed by atoms with Crippen molar-refractivity contribution in [2.45, 2.75) is 110 Å². The Morgan fingerprint density at radius 3 is 2.46 bits per heavy atom. The van der Waals surface area contributed by atoms with Crippen molar-refractivity contribution in [1.29, 1.82) is 0 Å². The van der Waals surface area contributed by atoms with E-state index in [0.29, 0.717) is 42.4 Å². The van der Waals surface area contributed by atoms with Crippen LogP contribution in [-0.4, -0.2) is 45.4 Å². The molecule has 11 atom stereocenters. The number of rotatable bonds is 8. The van der Waals surface area contributed by atoms with Crippen LogP contribution < -0.4 is 5.32 Å². The van der Waals surface area contributed by atoms with Gasteiger partial charge in [-0.25, -0.2) is 4.79 Å². The molecule has 0 radical (unpaired) electrons. The number of aliphatic hydroxyl groups is 2. The van der Waals surface area contributed by atoms with Gasteiger partial charge >= 0.3 is 5.97 Å². The van der Waals surface area contributed by atoms with Crippen molar-refractivity contribution in [2.24, 2.45) is 46.3 Å². The molecule has 1 aromatic rings. The summed E-state index contributed by atoms with van der Waals surface area (Å²) in [5.41, 5.74) is 0.985. The monoisotopic (exact) mass is 539 g/mol. The van der Waals surface area contributed by atoms with E-state index in [1.807, 2.05) is 30.3 Å². The Morgan fingerprint density at radius 2 is 1.74 bits per heavy atom. The molecule has 4 saturated carbocycles. The molecule has 0 spiro atoms. The van der Waals surface area contributed by atoms with Gasteiger partial charge < -0.3 is 20.6 Å². The quantitative estimate of drug-likeness (QED) is 0.363. The Kier molecular flexibility index (Phi) is 8.18. The van der Waals surface area contributed by atoms with Gasteiger partial charge in [0.2, 0.25) is 5.91 Å². The molecular formula is C33H49NO5. The average molecular weight is 540 g/mol. The van der Waals surface area contributed by atoms with Crippen LogP contribution in [0, 0.1) is 46.3 Å². The van der Waals surface area contributed by atoms with Crippen LogP contribution in [-0.2, 0) is 16.0 Å². The minimum Gasteiger partial charge on any atom is -0.480 e. The first kappa shape index (κ1) is 28.6. The van der Waals surface area contributed by atoms with Crippen molar-refractivity contribution >= 4 is 11.9 Å². The molecule has 6 heteroatoms. The summed E-state index contributed by atoms with van der Waals surface area (Å²) >= 11 is 0. The molecule has 0 aliphatic heterocycles. The van der Waals surface area contributed by atoms with Crippen molar-refractivity contribution in [1.82, 2.24) is 5.32 Å². The van der Waals surface area contributed by atoms with E-state index < -0.39 is 12.0 Å². The number of amides is 1. The lowest BCUT2D eigenvalue weighted by molar-refractivity contribution is -0.175. The molecule has 4 N–H and O–H groups in total. The minimum atomic E-state index is -1.01. The molecule has 39 heavy (non-hydrogen) atoms. The molecule has 0 bridgehead atoms. The fourth-order valence-corrected chi connectivity index (χ4v) is 10.0. The number of benzene rings is 1. The van der Waals surface area contributed by atoms with Crippen molar-refractivity contribution in [3.8, 4) is 0 Å². The van der Waals surface area contributed by atoms with Crippen molar-refractivity contribution in [3.63, 3.8) is 0 Å². The highest BCUT2D eigenvalue weighted by Gasteiger charge is 2.63. The van der Waals surface area contributed by atoms with Crippen LogP contribution in [0.1, 0.15) is 90.5 Å². The third kappa shape index (κ3) is 5.28. The van der Waals surface area contributed by atoms with Crippen molar-refractivity contribution < 1.29 is 24.9 Å². The molecule has 1 amide bonds. The summed E-state index contributed by atoms with van der Waals surface area (Å²) in [6.07, 6.45) is 9.20. The summed E-state index contributed by atoms with van der Waals surface area (Å²) in [4.78, 5) is 24.6. The lowest BCUT2D eigenvalue weighted by Crippen LogP contribution is -2.58. The van der Waals surface area contributed by atoms with E-state index in [4.69, 9.17) is 0 Å². The maximum atomic E-state index is 12.8. The summed E-state index contributed by atoms with van der Waals surface area (Å²) in [7, 11) is 0. The Morgan fingerprint density at radius 1 is 1.00 bits per heavy atom. The van der Waals surface area contributed by atoms with E-state index in [-0.39, 0.29) is 41.3 Å². The number of carbonyl (C=O) groups is 2. The summed E-state index contributed by atoms with van der Waals surface area (Å²) in [5, 5.41) is 34.5. The van der Waals surface area contributed by atoms with Crippen LogP contribution in [0.3, 0.4) is 0 Å². The molecule has 0 heterocycles. The summed E-state index contributed by atoms with van der Waals surface area (Å²) in [6, 6.07) is 8.47. The zero-order valence-corrected chi connectivity index (χ0v) is 24.0. The molecule has 4 fully saturated rings. The van der Waals surface area contributed by atoms with E-state index in [1.54, 1.807) is 0 Å². The number of carbonyl (C=O) groups excluding carboxylic acids is 1. The fraction of sp³-hybridized carbons (Fsp3) is 0.758. The van der Waals surface area contributed by atoms with Crippen molar-refractivity contribution in [2.75, 3.05) is 0 Å². The maximum Gasteiger partial charge on any atom is 0.326 e. The Labute approximate surface area is 234 Å². The third-order valence-corrected chi connectivity index (χ3v) is 12.2. The van der Waals surface area contributed by atoms with Crippen LogP contribution in [0.15, 0.2) is 30.3 Å². The highest BCUT2D eigenvalue weighted by molar-refractivity contribution is 5.83. The van der Waals surface area contributed by atoms with Gasteiger partial charge in [0.1, 0.15) is 6.04 Å². The van der Waals surface area contributed by atoms with Gasteiger partial charge in [-0.3, -0.25) is 4.79 Å². The number of aliphatic carboxylic acids is 1. The van der Waals surface area contributed by atoms with Gasteiger partial charge in [0.25, 0.3) is 0 Å². The lowest BCUT2D eigenvalue weighted by Gasteiger charge is -2.62. The van der Waals surface area contributed by atoms with E-state index in [1.165, 1.54) is 12.8 Å². The van der Waals surface area contributed by atoms with Crippen LogP contribution in [0.5, 0.6) is 0 Å². The first-order valence-electron chi connectivity index (χ1n) is 15.5. The molecule has 5 rings (SSSR count). The number of hydrogen-bond acceptors (Lipinski definition) is 4. The SMILES string of the molecule is C[C@H](CCC(=O)N[C@@H](Cc1ccccc1)C(=O)O)[C@H]1CC[C@H]2[C@@H]3CC[C@@H]4C[C@H](O)CC[C@]4(C)[C@H]3C[C@H](O)[C@]12C. The molecule has 1 aromatic carbocycles. The van der Waals surface area contributed by atoms with Crippen molar-refractivity contribution in [3.05, 3.63) is 35.9 Å². The zero-order chi connectivity index (χ0) is 27.9. The van der Waals surface area contributed by atoms with Crippen LogP contribution in [0.4, 0.5) is 0 Å². The molecule has 4 aliphatic rings. The molecule has 0 saturated heterocycles. The summed E-state index contributed by atoms with van der Waals surface area (Å²) in [5.74, 6) is 1.70. The standard InChI is InChI=1S/C33H49NO5/c1-20(9-14-30(37)34-28(31(38)39)17-21-7-5-4-6-8-21)25-12-13-26-24-11-10-22-18-23(35)15-16-32(22,2)27(24)19-29(36)33(25,26)3/h4-8,20,22-29,35-36H,9-19H2,1-3H3,(H,34,37)(H,38,39)/t20-,22-,23-,24+,25-,26+,27+,28+,29+,32+,33-/m1/s1. The van der Waals surface area contributed by atoms with Gasteiger partial charge in [-0.2, -0.15) is 0 Å².